The second-order valence-corrected chi connectivity index (χ2v) is 6.99. The van der Waals surface area contributed by atoms with Crippen LogP contribution in [-0.2, 0) is 11.3 Å². The standard InChI is InChI=1S/C19H21ClN4O4/c1-28-16-4-2-13(3-5-16)11-22-19(25)14-6-8-23(9-7-14)18-17(20)10-15(12-21-18)24(26)27/h2-5,10,12,14H,6-9,11H2,1H3,(H,22,25). The number of carbonyl (C=O) groups is 1. The first-order chi connectivity index (χ1) is 13.5. The van der Waals surface area contributed by atoms with E-state index in [1.165, 1.54) is 12.3 Å². The van der Waals surface area contributed by atoms with E-state index in [1.807, 2.05) is 29.2 Å². The van der Waals surface area contributed by atoms with Crippen molar-refractivity contribution in [3.05, 3.63) is 57.2 Å². The van der Waals surface area contributed by atoms with Crippen molar-refractivity contribution in [3.8, 4) is 5.75 Å². The smallest absolute Gasteiger partial charge is 0.289 e. The van der Waals surface area contributed by atoms with E-state index in [0.717, 1.165) is 11.3 Å². The van der Waals surface area contributed by atoms with Crippen molar-refractivity contribution < 1.29 is 14.5 Å². The number of halogens is 1. The van der Waals surface area contributed by atoms with Crippen LogP contribution >= 0.6 is 11.6 Å². The van der Waals surface area contributed by atoms with Crippen LogP contribution in [0.4, 0.5) is 11.5 Å². The molecule has 1 fully saturated rings. The van der Waals surface area contributed by atoms with E-state index >= 15 is 0 Å². The van der Waals surface area contributed by atoms with E-state index in [9.17, 15) is 14.9 Å². The summed E-state index contributed by atoms with van der Waals surface area (Å²) in [4.78, 5) is 28.8. The maximum Gasteiger partial charge on any atom is 0.289 e. The van der Waals surface area contributed by atoms with E-state index in [-0.39, 0.29) is 22.5 Å². The van der Waals surface area contributed by atoms with Gasteiger partial charge in [-0.1, -0.05) is 23.7 Å². The van der Waals surface area contributed by atoms with E-state index < -0.39 is 4.92 Å². The van der Waals surface area contributed by atoms with E-state index in [0.29, 0.717) is 38.3 Å². The minimum atomic E-state index is -0.526. The molecule has 1 N–H and O–H groups in total. The first kappa shape index (κ1) is 19.9. The molecule has 0 bridgehead atoms. The molecular weight excluding hydrogens is 384 g/mol. The molecule has 1 aromatic heterocycles. The topological polar surface area (TPSA) is 97.6 Å². The number of amides is 1. The quantitative estimate of drug-likeness (QED) is 0.586. The summed E-state index contributed by atoms with van der Waals surface area (Å²) < 4.78 is 5.12. The Morgan fingerprint density at radius 2 is 2.04 bits per heavy atom. The maximum absolute atomic E-state index is 12.5. The van der Waals surface area contributed by atoms with Crippen LogP contribution in [0, 0.1) is 16.0 Å². The Balaban J connectivity index is 1.51. The number of piperidine rings is 1. The number of nitrogens with zero attached hydrogens (tertiary/aromatic N) is 3. The van der Waals surface area contributed by atoms with E-state index in [1.54, 1.807) is 7.11 Å². The number of aromatic nitrogens is 1. The monoisotopic (exact) mass is 404 g/mol. The molecular formula is C19H21ClN4O4. The Morgan fingerprint density at radius 3 is 2.61 bits per heavy atom. The van der Waals surface area contributed by atoms with Crippen molar-refractivity contribution in [2.24, 2.45) is 5.92 Å². The van der Waals surface area contributed by atoms with Crippen LogP contribution in [0.5, 0.6) is 5.75 Å². The largest absolute Gasteiger partial charge is 0.497 e. The van der Waals surface area contributed by atoms with Gasteiger partial charge >= 0.3 is 0 Å². The molecule has 0 atom stereocenters. The minimum absolute atomic E-state index is 0.0261. The average Bonchev–Trinajstić information content (AvgIpc) is 2.72. The zero-order valence-corrected chi connectivity index (χ0v) is 16.2. The Hall–Kier alpha value is -2.87. The van der Waals surface area contributed by atoms with Gasteiger partial charge in [-0.3, -0.25) is 14.9 Å². The highest BCUT2D eigenvalue weighted by molar-refractivity contribution is 6.33. The number of hydrogen-bond acceptors (Lipinski definition) is 6. The summed E-state index contributed by atoms with van der Waals surface area (Å²) in [6.45, 7) is 1.70. The van der Waals surface area contributed by atoms with Crippen molar-refractivity contribution in [1.29, 1.82) is 0 Å². The van der Waals surface area contributed by atoms with Crippen LogP contribution < -0.4 is 15.0 Å². The van der Waals surface area contributed by atoms with Crippen LogP contribution in [0.3, 0.4) is 0 Å². The summed E-state index contributed by atoms with van der Waals surface area (Å²) in [7, 11) is 1.61. The van der Waals surface area contributed by atoms with Gasteiger partial charge in [0.25, 0.3) is 5.69 Å². The molecule has 1 amide bonds. The van der Waals surface area contributed by atoms with Crippen LogP contribution in [0.2, 0.25) is 5.02 Å². The number of pyridine rings is 1. The van der Waals surface area contributed by atoms with Gasteiger partial charge in [-0.2, -0.15) is 0 Å². The summed E-state index contributed by atoms with van der Waals surface area (Å²) in [6.07, 6.45) is 2.54. The van der Waals surface area contributed by atoms with Gasteiger partial charge in [-0.05, 0) is 30.5 Å². The van der Waals surface area contributed by atoms with E-state index in [4.69, 9.17) is 16.3 Å². The molecule has 2 heterocycles. The number of nitro groups is 1. The SMILES string of the molecule is COc1ccc(CNC(=O)C2CCN(c3ncc([N+](=O)[O-])cc3Cl)CC2)cc1. The first-order valence-corrected chi connectivity index (χ1v) is 9.31. The van der Waals surface area contributed by atoms with Gasteiger partial charge in [-0.25, -0.2) is 4.98 Å². The molecule has 0 radical (unpaired) electrons. The van der Waals surface area contributed by atoms with Gasteiger partial charge in [0.2, 0.25) is 5.91 Å². The maximum atomic E-state index is 12.5. The Bertz CT molecular complexity index is 852. The summed E-state index contributed by atoms with van der Waals surface area (Å²) >= 11 is 6.15. The number of methoxy groups -OCH3 is 1. The van der Waals surface area contributed by atoms with Crippen molar-refractivity contribution in [1.82, 2.24) is 10.3 Å². The Kier molecular flexibility index (Phi) is 6.30. The second kappa shape index (κ2) is 8.88. The highest BCUT2D eigenvalue weighted by Gasteiger charge is 2.27. The lowest BCUT2D eigenvalue weighted by Crippen LogP contribution is -2.40. The minimum Gasteiger partial charge on any atom is -0.497 e. The molecule has 0 unspecified atom stereocenters. The molecule has 1 aromatic carbocycles. The lowest BCUT2D eigenvalue weighted by molar-refractivity contribution is -0.385. The van der Waals surface area contributed by atoms with Gasteiger partial charge in [0.1, 0.15) is 17.8 Å². The molecule has 0 saturated carbocycles. The molecule has 3 rings (SSSR count). The number of rotatable bonds is 6. The molecule has 0 aliphatic carbocycles. The van der Waals surface area contributed by atoms with Crippen molar-refractivity contribution in [2.75, 3.05) is 25.1 Å². The summed E-state index contributed by atoms with van der Waals surface area (Å²) in [6, 6.07) is 8.87. The van der Waals surface area contributed by atoms with Gasteiger partial charge in [0.15, 0.2) is 0 Å². The zero-order chi connectivity index (χ0) is 20.1. The Labute approximate surface area is 167 Å². The van der Waals surface area contributed by atoms with Gasteiger partial charge in [0, 0.05) is 31.6 Å². The lowest BCUT2D eigenvalue weighted by atomic mass is 9.95. The third-order valence-corrected chi connectivity index (χ3v) is 5.09. The molecule has 8 nitrogen and oxygen atoms in total. The number of hydrogen-bond donors (Lipinski definition) is 1. The van der Waals surface area contributed by atoms with E-state index in [2.05, 4.69) is 10.3 Å². The Morgan fingerprint density at radius 1 is 1.36 bits per heavy atom. The third-order valence-electron chi connectivity index (χ3n) is 4.81. The predicted molar refractivity (Wildman–Crippen MR) is 106 cm³/mol. The number of anilines is 1. The van der Waals surface area contributed by atoms with Crippen molar-refractivity contribution >= 4 is 29.0 Å². The fourth-order valence-corrected chi connectivity index (χ4v) is 3.46. The van der Waals surface area contributed by atoms with Gasteiger partial charge in [0.05, 0.1) is 17.1 Å². The molecule has 9 heteroatoms. The summed E-state index contributed by atoms with van der Waals surface area (Å²) in [5.41, 5.74) is 0.870. The fraction of sp³-hybridized carbons (Fsp3) is 0.368. The third kappa shape index (κ3) is 4.69. The molecule has 28 heavy (non-hydrogen) atoms. The van der Waals surface area contributed by atoms with Crippen LogP contribution in [0.1, 0.15) is 18.4 Å². The van der Waals surface area contributed by atoms with Gasteiger partial charge < -0.3 is 15.0 Å². The zero-order valence-electron chi connectivity index (χ0n) is 15.4. The average molecular weight is 405 g/mol. The lowest BCUT2D eigenvalue weighted by Gasteiger charge is -2.32. The molecule has 1 saturated heterocycles. The summed E-state index contributed by atoms with van der Waals surface area (Å²) in [5.74, 6) is 1.25. The molecule has 148 valence electrons. The fourth-order valence-electron chi connectivity index (χ4n) is 3.18. The number of ether oxygens (including phenoxy) is 1. The molecule has 1 aliphatic rings. The van der Waals surface area contributed by atoms with Crippen LogP contribution in [0.15, 0.2) is 36.5 Å². The first-order valence-electron chi connectivity index (χ1n) is 8.93. The van der Waals surface area contributed by atoms with Crippen molar-refractivity contribution in [3.63, 3.8) is 0 Å². The van der Waals surface area contributed by atoms with Crippen molar-refractivity contribution in [2.45, 2.75) is 19.4 Å². The predicted octanol–water partition coefficient (Wildman–Crippen LogP) is 3.18. The van der Waals surface area contributed by atoms with Gasteiger partial charge in [-0.15, -0.1) is 0 Å². The molecule has 1 aliphatic heterocycles. The number of nitrogens with one attached hydrogen (secondary N) is 1. The van der Waals surface area contributed by atoms with Crippen LogP contribution in [-0.4, -0.2) is 36.0 Å². The molecule has 0 spiro atoms. The second-order valence-electron chi connectivity index (χ2n) is 6.58. The molecule has 2 aromatic rings. The highest BCUT2D eigenvalue weighted by atomic mass is 35.5. The van der Waals surface area contributed by atoms with Crippen LogP contribution in [0.25, 0.3) is 0 Å². The highest BCUT2D eigenvalue weighted by Crippen LogP contribution is 2.30. The number of carbonyl (C=O) groups excluding carboxylic acids is 1. The number of benzene rings is 1. The normalized spacial score (nSPS) is 14.6. The summed E-state index contributed by atoms with van der Waals surface area (Å²) in [5, 5.41) is 14.0.